The topological polar surface area (TPSA) is 70.6 Å². The highest BCUT2D eigenvalue weighted by Crippen LogP contribution is 2.33. The van der Waals surface area contributed by atoms with Gasteiger partial charge in [0.1, 0.15) is 0 Å². The predicted octanol–water partition coefficient (Wildman–Crippen LogP) is 3.69. The van der Waals surface area contributed by atoms with Crippen LogP contribution < -0.4 is 0 Å². The van der Waals surface area contributed by atoms with Crippen LogP contribution >= 0.6 is 11.3 Å². The molecule has 0 radical (unpaired) electrons. The minimum Gasteiger partial charge on any atom is -0.333 e. The average molecular weight is 484 g/mol. The molecule has 2 aliphatic rings. The Morgan fingerprint density at radius 1 is 1.09 bits per heavy atom. The Balaban J connectivity index is 1.29. The number of para-hydroxylation sites is 1. The van der Waals surface area contributed by atoms with E-state index in [1.165, 1.54) is 4.70 Å². The molecular formula is C25H29N3O3S2. The number of amides is 1. The number of rotatable bonds is 6. The van der Waals surface area contributed by atoms with Crippen molar-refractivity contribution in [1.82, 2.24) is 14.8 Å². The van der Waals surface area contributed by atoms with Crippen LogP contribution in [0.15, 0.2) is 54.6 Å². The molecule has 2 aliphatic heterocycles. The molecule has 3 aromatic rings. The lowest BCUT2D eigenvalue weighted by Crippen LogP contribution is -2.47. The van der Waals surface area contributed by atoms with E-state index in [4.69, 9.17) is 4.98 Å². The zero-order valence-electron chi connectivity index (χ0n) is 18.6. The lowest BCUT2D eigenvalue weighted by molar-refractivity contribution is -0.135. The lowest BCUT2D eigenvalue weighted by atomic mass is 9.98. The third kappa shape index (κ3) is 5.28. The van der Waals surface area contributed by atoms with Gasteiger partial charge in [-0.3, -0.25) is 9.69 Å². The summed E-state index contributed by atoms with van der Waals surface area (Å²) < 4.78 is 25.5. The molecule has 0 saturated carbocycles. The molecular weight excluding hydrogens is 454 g/mol. The normalized spacial score (nSPS) is 23.0. The molecule has 8 heteroatoms. The molecule has 33 heavy (non-hydrogen) atoms. The summed E-state index contributed by atoms with van der Waals surface area (Å²) in [4.78, 5) is 22.4. The number of hydrogen-bond donors (Lipinski definition) is 0. The van der Waals surface area contributed by atoms with Crippen molar-refractivity contribution in [2.75, 3.05) is 31.1 Å². The number of piperidine rings is 1. The summed E-state index contributed by atoms with van der Waals surface area (Å²) in [5, 5.41) is 1.15. The first-order valence-electron chi connectivity index (χ1n) is 11.6. The molecule has 1 amide bonds. The van der Waals surface area contributed by atoms with Crippen LogP contribution in [0.4, 0.5) is 0 Å². The predicted molar refractivity (Wildman–Crippen MR) is 132 cm³/mol. The Morgan fingerprint density at radius 2 is 1.88 bits per heavy atom. The molecule has 6 nitrogen and oxygen atoms in total. The molecule has 0 N–H and O–H groups in total. The van der Waals surface area contributed by atoms with Gasteiger partial charge in [0.05, 0.1) is 33.3 Å². The first-order valence-corrected chi connectivity index (χ1v) is 14.2. The number of fused-ring (bicyclic) bond motifs is 1. The zero-order chi connectivity index (χ0) is 22.8. The molecule has 3 heterocycles. The van der Waals surface area contributed by atoms with Crippen molar-refractivity contribution >= 4 is 37.3 Å². The molecule has 0 aliphatic carbocycles. The molecule has 2 fully saturated rings. The molecule has 2 atom stereocenters. The highest BCUT2D eigenvalue weighted by molar-refractivity contribution is 7.91. The van der Waals surface area contributed by atoms with E-state index in [2.05, 4.69) is 17.0 Å². The van der Waals surface area contributed by atoms with Gasteiger partial charge in [0.15, 0.2) is 9.84 Å². The number of carbonyl (C=O) groups excluding carboxylic acids is 1. The van der Waals surface area contributed by atoms with E-state index >= 15 is 0 Å². The summed E-state index contributed by atoms with van der Waals surface area (Å²) in [5.74, 6) is 0.587. The molecule has 2 saturated heterocycles. The standard InChI is InChI=1S/C25H29N3O3S2/c29-24(28(15-19-7-2-1-3-8-19)21-12-14-33(30,31)18-21)17-27-13-6-9-20(16-27)25-26-22-10-4-5-11-23(22)32-25/h1-5,7-8,10-11,20-21H,6,9,12-18H2/t20-,21+/m0/s1. The second-order valence-electron chi connectivity index (χ2n) is 9.16. The Hall–Kier alpha value is -2.29. The van der Waals surface area contributed by atoms with E-state index in [1.54, 1.807) is 16.2 Å². The van der Waals surface area contributed by atoms with Crippen LogP contribution in [0.25, 0.3) is 10.2 Å². The first kappa shape index (κ1) is 22.5. The second kappa shape index (κ2) is 9.52. The van der Waals surface area contributed by atoms with Crippen molar-refractivity contribution < 1.29 is 13.2 Å². The monoisotopic (exact) mass is 483 g/mol. The van der Waals surface area contributed by atoms with E-state index in [0.717, 1.165) is 42.0 Å². The van der Waals surface area contributed by atoms with Gasteiger partial charge < -0.3 is 4.90 Å². The Kier molecular flexibility index (Phi) is 6.49. The van der Waals surface area contributed by atoms with Crippen LogP contribution in [0.3, 0.4) is 0 Å². The van der Waals surface area contributed by atoms with Gasteiger partial charge in [0.2, 0.25) is 5.91 Å². The molecule has 5 rings (SSSR count). The maximum atomic E-state index is 13.5. The largest absolute Gasteiger partial charge is 0.333 e. The number of sulfone groups is 1. The molecule has 0 bridgehead atoms. The van der Waals surface area contributed by atoms with Gasteiger partial charge in [-0.2, -0.15) is 0 Å². The number of aromatic nitrogens is 1. The summed E-state index contributed by atoms with van der Waals surface area (Å²) in [6.45, 7) is 2.47. The van der Waals surface area contributed by atoms with E-state index in [-0.39, 0.29) is 23.5 Å². The summed E-state index contributed by atoms with van der Waals surface area (Å²) in [6, 6.07) is 17.8. The molecule has 0 unspecified atom stereocenters. The van der Waals surface area contributed by atoms with E-state index in [0.29, 0.717) is 25.4 Å². The van der Waals surface area contributed by atoms with Crippen molar-refractivity contribution in [2.24, 2.45) is 0 Å². The fourth-order valence-electron chi connectivity index (χ4n) is 4.97. The van der Waals surface area contributed by atoms with Gasteiger partial charge in [-0.15, -0.1) is 11.3 Å². The first-order chi connectivity index (χ1) is 16.0. The summed E-state index contributed by atoms with van der Waals surface area (Å²) in [6.07, 6.45) is 2.64. The quantitative estimate of drug-likeness (QED) is 0.535. The van der Waals surface area contributed by atoms with Crippen molar-refractivity contribution in [3.8, 4) is 0 Å². The van der Waals surface area contributed by atoms with Crippen molar-refractivity contribution in [3.63, 3.8) is 0 Å². The highest BCUT2D eigenvalue weighted by atomic mass is 32.2. The van der Waals surface area contributed by atoms with Crippen LogP contribution in [0.1, 0.15) is 35.8 Å². The van der Waals surface area contributed by atoms with Crippen LogP contribution in [0, 0.1) is 0 Å². The molecule has 0 spiro atoms. The lowest BCUT2D eigenvalue weighted by Gasteiger charge is -2.35. The fourth-order valence-corrected chi connectivity index (χ4v) is 7.79. The third-order valence-corrected chi connectivity index (χ3v) is 9.64. The zero-order valence-corrected chi connectivity index (χ0v) is 20.2. The van der Waals surface area contributed by atoms with Gasteiger partial charge in [0, 0.05) is 25.0 Å². The Morgan fingerprint density at radius 3 is 2.64 bits per heavy atom. The van der Waals surface area contributed by atoms with Gasteiger partial charge in [-0.05, 0) is 43.5 Å². The molecule has 174 valence electrons. The van der Waals surface area contributed by atoms with Crippen LogP contribution in [-0.2, 0) is 21.2 Å². The van der Waals surface area contributed by atoms with Crippen molar-refractivity contribution in [2.45, 2.75) is 37.8 Å². The maximum absolute atomic E-state index is 13.5. The van der Waals surface area contributed by atoms with Crippen molar-refractivity contribution in [1.29, 1.82) is 0 Å². The number of benzene rings is 2. The van der Waals surface area contributed by atoms with Crippen LogP contribution in [0.2, 0.25) is 0 Å². The van der Waals surface area contributed by atoms with Gasteiger partial charge in [-0.1, -0.05) is 42.5 Å². The maximum Gasteiger partial charge on any atom is 0.237 e. The van der Waals surface area contributed by atoms with E-state index in [9.17, 15) is 13.2 Å². The number of nitrogens with zero attached hydrogens (tertiary/aromatic N) is 3. The number of likely N-dealkylation sites (tertiary alicyclic amines) is 1. The summed E-state index contributed by atoms with van der Waals surface area (Å²) in [5.41, 5.74) is 2.07. The van der Waals surface area contributed by atoms with Crippen LogP contribution in [0.5, 0.6) is 0 Å². The smallest absolute Gasteiger partial charge is 0.237 e. The molecule has 1 aromatic heterocycles. The number of hydrogen-bond acceptors (Lipinski definition) is 6. The SMILES string of the molecule is O=C(CN1CCC[C@H](c2nc3ccccc3s2)C1)N(Cc1ccccc1)[C@@H]1CCS(=O)(=O)C1. The summed E-state index contributed by atoms with van der Waals surface area (Å²) in [7, 11) is -3.07. The third-order valence-electron chi connectivity index (χ3n) is 6.69. The Labute approximate surface area is 199 Å². The van der Waals surface area contributed by atoms with Crippen LogP contribution in [-0.4, -0.2) is 66.3 Å². The van der Waals surface area contributed by atoms with Gasteiger partial charge in [0.25, 0.3) is 0 Å². The highest BCUT2D eigenvalue weighted by Gasteiger charge is 2.35. The average Bonchev–Trinajstić information content (AvgIpc) is 3.41. The van der Waals surface area contributed by atoms with Gasteiger partial charge in [-0.25, -0.2) is 13.4 Å². The minimum absolute atomic E-state index is 0.0194. The number of thiazole rings is 1. The second-order valence-corrected chi connectivity index (χ2v) is 12.4. The van der Waals surface area contributed by atoms with E-state index < -0.39 is 9.84 Å². The summed E-state index contributed by atoms with van der Waals surface area (Å²) >= 11 is 1.75. The Bertz CT molecular complexity index is 1190. The number of carbonyl (C=O) groups is 1. The van der Waals surface area contributed by atoms with E-state index in [1.807, 2.05) is 42.5 Å². The van der Waals surface area contributed by atoms with Crippen molar-refractivity contribution in [3.05, 3.63) is 65.2 Å². The van der Waals surface area contributed by atoms with Gasteiger partial charge >= 0.3 is 0 Å². The minimum atomic E-state index is -3.07. The molecule has 2 aromatic carbocycles. The fraction of sp³-hybridized carbons (Fsp3) is 0.440.